The summed E-state index contributed by atoms with van der Waals surface area (Å²) < 4.78 is 4.98. The van der Waals surface area contributed by atoms with E-state index in [1.807, 2.05) is 12.1 Å². The van der Waals surface area contributed by atoms with Crippen molar-refractivity contribution in [2.75, 3.05) is 6.61 Å². The number of carbonyl (C=O) groups is 1. The Kier molecular flexibility index (Phi) is 5.05. The van der Waals surface area contributed by atoms with Gasteiger partial charge in [-0.1, -0.05) is 56.6 Å². The van der Waals surface area contributed by atoms with Crippen LogP contribution in [0.4, 0.5) is 0 Å². The second kappa shape index (κ2) is 6.67. The fourth-order valence-electron chi connectivity index (χ4n) is 2.22. The zero-order chi connectivity index (χ0) is 17.2. The van der Waals surface area contributed by atoms with Crippen molar-refractivity contribution in [3.63, 3.8) is 0 Å². The first-order valence-electron chi connectivity index (χ1n) is 7.56. The molecule has 0 fully saturated rings. The van der Waals surface area contributed by atoms with Gasteiger partial charge in [0.05, 0.1) is 12.3 Å². The predicted octanol–water partition coefficient (Wildman–Crippen LogP) is 4.58. The largest absolute Gasteiger partial charge is 0.462 e. The normalized spacial score (nSPS) is 11.4. The van der Waals surface area contributed by atoms with Gasteiger partial charge in [-0.3, -0.25) is 0 Å². The van der Waals surface area contributed by atoms with E-state index in [0.29, 0.717) is 11.5 Å². The van der Waals surface area contributed by atoms with Crippen LogP contribution in [-0.4, -0.2) is 22.5 Å². The van der Waals surface area contributed by atoms with E-state index in [0.717, 1.165) is 5.56 Å². The number of hydrogen-bond donors (Lipinski definition) is 0. The smallest absolute Gasteiger partial charge is 0.343 e. The van der Waals surface area contributed by atoms with Crippen LogP contribution in [0.2, 0.25) is 5.15 Å². The molecule has 1 aromatic heterocycles. The maximum absolute atomic E-state index is 11.9. The maximum Gasteiger partial charge on any atom is 0.343 e. The lowest BCUT2D eigenvalue weighted by atomic mass is 9.87. The van der Waals surface area contributed by atoms with Crippen LogP contribution >= 0.6 is 11.6 Å². The quantitative estimate of drug-likeness (QED) is 0.609. The van der Waals surface area contributed by atoms with Gasteiger partial charge in [-0.15, -0.1) is 0 Å². The van der Waals surface area contributed by atoms with Gasteiger partial charge in [0, 0.05) is 5.56 Å². The Labute approximate surface area is 141 Å². The van der Waals surface area contributed by atoms with Crippen LogP contribution in [0, 0.1) is 6.92 Å². The van der Waals surface area contributed by atoms with E-state index in [9.17, 15) is 4.79 Å². The van der Waals surface area contributed by atoms with Gasteiger partial charge in [0.1, 0.15) is 10.7 Å². The van der Waals surface area contributed by atoms with E-state index in [-0.39, 0.29) is 22.7 Å². The Bertz CT molecular complexity index is 696. The van der Waals surface area contributed by atoms with E-state index < -0.39 is 5.97 Å². The monoisotopic (exact) mass is 332 g/mol. The molecule has 1 aromatic carbocycles. The van der Waals surface area contributed by atoms with Crippen LogP contribution in [0.3, 0.4) is 0 Å². The summed E-state index contributed by atoms with van der Waals surface area (Å²) in [5.41, 5.74) is 2.91. The molecule has 0 N–H and O–H groups in total. The highest BCUT2D eigenvalue weighted by atomic mass is 35.5. The van der Waals surface area contributed by atoms with E-state index in [1.165, 1.54) is 5.56 Å². The number of carbonyl (C=O) groups excluding carboxylic acids is 1. The highest BCUT2D eigenvalue weighted by Gasteiger charge is 2.19. The molecule has 23 heavy (non-hydrogen) atoms. The second-order valence-electron chi connectivity index (χ2n) is 6.35. The Morgan fingerprint density at radius 3 is 2.26 bits per heavy atom. The standard InChI is InChI=1S/C18H21ClN2O2/c1-6-23-17(22)14-11(2)20-16(21-15(14)19)12-7-9-13(10-8-12)18(3,4)5/h7-10H,6H2,1-5H3. The molecule has 122 valence electrons. The SMILES string of the molecule is CCOC(=O)c1c(C)nc(-c2ccc(C(C)(C)C)cc2)nc1Cl. The highest BCUT2D eigenvalue weighted by molar-refractivity contribution is 6.32. The van der Waals surface area contributed by atoms with Gasteiger partial charge in [-0.25, -0.2) is 14.8 Å². The van der Waals surface area contributed by atoms with Gasteiger partial charge in [-0.2, -0.15) is 0 Å². The lowest BCUT2D eigenvalue weighted by molar-refractivity contribution is 0.0524. The van der Waals surface area contributed by atoms with Crippen molar-refractivity contribution in [2.45, 2.75) is 40.0 Å². The minimum absolute atomic E-state index is 0.0840. The number of nitrogens with zero attached hydrogens (tertiary/aromatic N) is 2. The van der Waals surface area contributed by atoms with Crippen LogP contribution in [0.5, 0.6) is 0 Å². The van der Waals surface area contributed by atoms with Crippen molar-refractivity contribution in [3.8, 4) is 11.4 Å². The molecule has 2 rings (SSSR count). The predicted molar refractivity (Wildman–Crippen MR) is 91.9 cm³/mol. The van der Waals surface area contributed by atoms with Gasteiger partial charge in [0.2, 0.25) is 0 Å². The molecule has 5 heteroatoms. The lowest BCUT2D eigenvalue weighted by Gasteiger charge is -2.19. The summed E-state index contributed by atoms with van der Waals surface area (Å²) in [6, 6.07) is 8.05. The fourth-order valence-corrected chi connectivity index (χ4v) is 2.52. The molecule has 0 bridgehead atoms. The summed E-state index contributed by atoms with van der Waals surface area (Å²) in [7, 11) is 0. The number of benzene rings is 1. The number of halogens is 1. The molecule has 0 amide bonds. The average Bonchev–Trinajstić information content (AvgIpc) is 2.46. The molecule has 0 saturated heterocycles. The third-order valence-electron chi connectivity index (χ3n) is 3.53. The summed E-state index contributed by atoms with van der Waals surface area (Å²) in [6.07, 6.45) is 0. The van der Waals surface area contributed by atoms with Gasteiger partial charge < -0.3 is 4.74 Å². The first-order valence-corrected chi connectivity index (χ1v) is 7.94. The minimum Gasteiger partial charge on any atom is -0.462 e. The highest BCUT2D eigenvalue weighted by Crippen LogP contribution is 2.26. The Hall–Kier alpha value is -1.94. The molecule has 0 aliphatic heterocycles. The topological polar surface area (TPSA) is 52.1 Å². The Morgan fingerprint density at radius 1 is 1.17 bits per heavy atom. The molecule has 0 radical (unpaired) electrons. The van der Waals surface area contributed by atoms with Crippen molar-refractivity contribution in [1.29, 1.82) is 0 Å². The third-order valence-corrected chi connectivity index (χ3v) is 3.81. The maximum atomic E-state index is 11.9. The van der Waals surface area contributed by atoms with Crippen molar-refractivity contribution < 1.29 is 9.53 Å². The zero-order valence-corrected chi connectivity index (χ0v) is 14.9. The summed E-state index contributed by atoms with van der Waals surface area (Å²) in [5.74, 6) is 0.00522. The van der Waals surface area contributed by atoms with Gasteiger partial charge >= 0.3 is 5.97 Å². The van der Waals surface area contributed by atoms with Crippen molar-refractivity contribution in [3.05, 3.63) is 46.2 Å². The van der Waals surface area contributed by atoms with Crippen LogP contribution in [-0.2, 0) is 10.2 Å². The lowest BCUT2D eigenvalue weighted by Crippen LogP contribution is -2.11. The summed E-state index contributed by atoms with van der Waals surface area (Å²) in [5, 5.41) is 0.117. The number of aromatic nitrogens is 2. The van der Waals surface area contributed by atoms with Gasteiger partial charge in [0.15, 0.2) is 5.82 Å². The number of ether oxygens (including phenoxy) is 1. The molecule has 4 nitrogen and oxygen atoms in total. The summed E-state index contributed by atoms with van der Waals surface area (Å²) in [6.45, 7) is 10.2. The molecule has 2 aromatic rings. The first-order chi connectivity index (χ1) is 10.7. The number of aryl methyl sites for hydroxylation is 1. The molecule has 0 spiro atoms. The summed E-state index contributed by atoms with van der Waals surface area (Å²) in [4.78, 5) is 20.6. The zero-order valence-electron chi connectivity index (χ0n) is 14.1. The second-order valence-corrected chi connectivity index (χ2v) is 6.70. The first kappa shape index (κ1) is 17.4. The van der Waals surface area contributed by atoms with Crippen molar-refractivity contribution in [1.82, 2.24) is 9.97 Å². The molecule has 0 unspecified atom stereocenters. The van der Waals surface area contributed by atoms with Crippen LogP contribution < -0.4 is 0 Å². The molecule has 0 atom stereocenters. The summed E-state index contributed by atoms with van der Waals surface area (Å²) >= 11 is 6.17. The van der Waals surface area contributed by atoms with Crippen LogP contribution in [0.15, 0.2) is 24.3 Å². The Morgan fingerprint density at radius 2 is 1.78 bits per heavy atom. The van der Waals surface area contributed by atoms with E-state index >= 15 is 0 Å². The van der Waals surface area contributed by atoms with E-state index in [1.54, 1.807) is 13.8 Å². The average molecular weight is 333 g/mol. The fraction of sp³-hybridized carbons (Fsp3) is 0.389. The van der Waals surface area contributed by atoms with E-state index in [2.05, 4.69) is 42.9 Å². The molecule has 0 aliphatic carbocycles. The van der Waals surface area contributed by atoms with Crippen LogP contribution in [0.1, 0.15) is 49.3 Å². The number of rotatable bonds is 3. The molecule has 0 saturated carbocycles. The van der Waals surface area contributed by atoms with Gasteiger partial charge in [0.25, 0.3) is 0 Å². The molecular formula is C18H21ClN2O2. The van der Waals surface area contributed by atoms with Gasteiger partial charge in [-0.05, 0) is 24.8 Å². The third kappa shape index (κ3) is 3.88. The Balaban J connectivity index is 2.40. The molecule has 0 aliphatic rings. The number of hydrogen-bond acceptors (Lipinski definition) is 4. The van der Waals surface area contributed by atoms with Crippen LogP contribution in [0.25, 0.3) is 11.4 Å². The minimum atomic E-state index is -0.496. The van der Waals surface area contributed by atoms with E-state index in [4.69, 9.17) is 16.3 Å². The van der Waals surface area contributed by atoms with Crippen molar-refractivity contribution >= 4 is 17.6 Å². The molecular weight excluding hydrogens is 312 g/mol. The molecule has 1 heterocycles. The number of esters is 1. The van der Waals surface area contributed by atoms with Crippen molar-refractivity contribution in [2.24, 2.45) is 0 Å².